The number of alkyl carbamates (subject to hydrolysis) is 1. The summed E-state index contributed by atoms with van der Waals surface area (Å²) in [6.07, 6.45) is 4.16. The number of nitrogens with one attached hydrogen (secondary N) is 4. The largest absolute Gasteiger partial charge is 0.457 e. The van der Waals surface area contributed by atoms with Crippen LogP contribution in [0.1, 0.15) is 50.1 Å². The van der Waals surface area contributed by atoms with Crippen LogP contribution in [0.4, 0.5) is 9.59 Å². The van der Waals surface area contributed by atoms with E-state index in [1.54, 1.807) is 81.6 Å². The molecule has 45 heavy (non-hydrogen) atoms. The summed E-state index contributed by atoms with van der Waals surface area (Å²) in [6.45, 7) is 5.17. The van der Waals surface area contributed by atoms with Crippen molar-refractivity contribution in [2.75, 3.05) is 7.11 Å². The van der Waals surface area contributed by atoms with Gasteiger partial charge in [0.25, 0.3) is 11.1 Å². The number of benzene rings is 2. The molecule has 236 valence electrons. The van der Waals surface area contributed by atoms with Gasteiger partial charge in [-0.05, 0) is 74.0 Å². The normalized spacial score (nSPS) is 16.0. The lowest BCUT2D eigenvalue weighted by Crippen LogP contribution is -2.53. The Morgan fingerprint density at radius 1 is 1.04 bits per heavy atom. The van der Waals surface area contributed by atoms with Gasteiger partial charge < -0.3 is 29.8 Å². The van der Waals surface area contributed by atoms with E-state index in [-0.39, 0.29) is 12.8 Å². The van der Waals surface area contributed by atoms with Gasteiger partial charge in [-0.1, -0.05) is 24.3 Å². The number of amides is 4. The van der Waals surface area contributed by atoms with Crippen molar-refractivity contribution in [3.63, 3.8) is 0 Å². The van der Waals surface area contributed by atoms with Gasteiger partial charge in [0, 0.05) is 19.7 Å². The highest BCUT2D eigenvalue weighted by Gasteiger charge is 2.34. The Balaban J connectivity index is 1.37. The molecule has 0 bridgehead atoms. The number of imide groups is 1. The number of rotatable bonds is 12. The zero-order chi connectivity index (χ0) is 32.6. The Bertz CT molecular complexity index is 1570. The molecule has 0 saturated carbocycles. The van der Waals surface area contributed by atoms with Gasteiger partial charge in [-0.15, -0.1) is 0 Å². The number of ether oxygens (including phenoxy) is 3. The summed E-state index contributed by atoms with van der Waals surface area (Å²) >= 11 is 0.845. The molecule has 1 fully saturated rings. The molecule has 2 atom stereocenters. The SMILES string of the molecule is COC(C=O)(Cc1ccc(Oc2ccc(C=C3SC(=O)NC3=O)cc2)cc1)NC(=O)CC(NC(=O)OC(C)(C)C)c1c[nH]cn1. The van der Waals surface area contributed by atoms with Crippen LogP contribution in [0.2, 0.25) is 0 Å². The number of carbonyl (C=O) groups is 5. The van der Waals surface area contributed by atoms with Crippen LogP contribution in [0.15, 0.2) is 66.0 Å². The minimum Gasteiger partial charge on any atom is -0.457 e. The molecule has 0 aliphatic carbocycles. The lowest BCUT2D eigenvalue weighted by molar-refractivity contribution is -0.142. The Labute approximate surface area is 263 Å². The van der Waals surface area contributed by atoms with Crippen molar-refractivity contribution in [3.05, 3.63) is 82.8 Å². The van der Waals surface area contributed by atoms with Crippen molar-refractivity contribution >= 4 is 47.3 Å². The lowest BCUT2D eigenvalue weighted by Gasteiger charge is -2.29. The fraction of sp³-hybridized carbons (Fsp3) is 0.290. The zero-order valence-corrected chi connectivity index (χ0v) is 25.9. The standard InChI is InChI=1S/C31H33N5O8S/c1-30(2,3)44-28(40)34-23(24-16-32-18-33-24)14-26(38)36-31(17-37,42-4)15-20-7-11-22(12-8-20)43-21-9-5-19(6-10-21)13-25-27(39)35-29(41)45-25/h5-13,16-18,23H,14-15H2,1-4H3,(H,32,33)(H,34,40)(H,36,38)(H,35,39,41). The number of aldehydes is 1. The summed E-state index contributed by atoms with van der Waals surface area (Å²) < 4.78 is 16.7. The summed E-state index contributed by atoms with van der Waals surface area (Å²) in [5.74, 6) is 0.0769. The molecule has 4 N–H and O–H groups in total. The van der Waals surface area contributed by atoms with E-state index < -0.39 is 40.5 Å². The van der Waals surface area contributed by atoms with Crippen LogP contribution < -0.4 is 20.7 Å². The van der Waals surface area contributed by atoms with Crippen LogP contribution in [0.25, 0.3) is 6.08 Å². The molecule has 2 heterocycles. The number of hydrogen-bond acceptors (Lipinski definition) is 10. The Morgan fingerprint density at radius 2 is 1.71 bits per heavy atom. The third-order valence-corrected chi connectivity index (χ3v) is 7.12. The molecule has 1 aromatic heterocycles. The number of imidazole rings is 1. The topological polar surface area (TPSA) is 178 Å². The number of aromatic nitrogens is 2. The van der Waals surface area contributed by atoms with E-state index >= 15 is 0 Å². The van der Waals surface area contributed by atoms with Crippen molar-refractivity contribution in [1.29, 1.82) is 0 Å². The summed E-state index contributed by atoms with van der Waals surface area (Å²) in [5.41, 5.74) is -0.606. The monoisotopic (exact) mass is 635 g/mol. The second-order valence-corrected chi connectivity index (χ2v) is 12.0. The number of hydrogen-bond donors (Lipinski definition) is 4. The molecule has 2 aromatic carbocycles. The van der Waals surface area contributed by atoms with Gasteiger partial charge in [0.15, 0.2) is 6.29 Å². The average molecular weight is 636 g/mol. The zero-order valence-electron chi connectivity index (χ0n) is 25.0. The second kappa shape index (κ2) is 14.2. The van der Waals surface area contributed by atoms with E-state index in [4.69, 9.17) is 14.2 Å². The van der Waals surface area contributed by atoms with E-state index in [9.17, 15) is 24.0 Å². The summed E-state index contributed by atoms with van der Waals surface area (Å²) in [7, 11) is 1.31. The smallest absolute Gasteiger partial charge is 0.408 e. The van der Waals surface area contributed by atoms with E-state index in [1.807, 2.05) is 0 Å². The second-order valence-electron chi connectivity index (χ2n) is 11.0. The van der Waals surface area contributed by atoms with E-state index in [2.05, 4.69) is 25.9 Å². The molecule has 0 radical (unpaired) electrons. The van der Waals surface area contributed by atoms with Crippen molar-refractivity contribution < 1.29 is 38.2 Å². The summed E-state index contributed by atoms with van der Waals surface area (Å²) in [4.78, 5) is 68.1. The lowest BCUT2D eigenvalue weighted by atomic mass is 10.0. The molecule has 14 heteroatoms. The van der Waals surface area contributed by atoms with Gasteiger partial charge >= 0.3 is 6.09 Å². The van der Waals surface area contributed by atoms with Crippen molar-refractivity contribution in [2.24, 2.45) is 0 Å². The Morgan fingerprint density at radius 3 is 2.24 bits per heavy atom. The molecule has 3 aromatic rings. The maximum Gasteiger partial charge on any atom is 0.408 e. The maximum atomic E-state index is 13.1. The first kappa shape index (κ1) is 33.0. The molecule has 1 aliphatic heterocycles. The number of carbonyl (C=O) groups excluding carboxylic acids is 5. The van der Waals surface area contributed by atoms with Crippen LogP contribution in [0, 0.1) is 0 Å². The predicted octanol–water partition coefficient (Wildman–Crippen LogP) is 4.38. The third kappa shape index (κ3) is 9.52. The Hall–Kier alpha value is -4.95. The molecule has 1 aliphatic rings. The average Bonchev–Trinajstić information content (AvgIpc) is 3.63. The molecular formula is C31H33N5O8S. The van der Waals surface area contributed by atoms with Gasteiger partial charge in [0.05, 0.1) is 29.4 Å². The van der Waals surface area contributed by atoms with Crippen molar-refractivity contribution in [3.8, 4) is 11.5 Å². The predicted molar refractivity (Wildman–Crippen MR) is 165 cm³/mol. The first-order valence-corrected chi connectivity index (χ1v) is 14.6. The summed E-state index contributed by atoms with van der Waals surface area (Å²) in [5, 5.41) is 7.10. The van der Waals surface area contributed by atoms with E-state index in [0.29, 0.717) is 33.9 Å². The van der Waals surface area contributed by atoms with Crippen LogP contribution >= 0.6 is 11.8 Å². The van der Waals surface area contributed by atoms with Gasteiger partial charge in [0.2, 0.25) is 11.6 Å². The maximum absolute atomic E-state index is 13.1. The molecule has 0 spiro atoms. The first-order chi connectivity index (χ1) is 21.4. The van der Waals surface area contributed by atoms with Crippen LogP contribution in [0.5, 0.6) is 11.5 Å². The Kier molecular flexibility index (Phi) is 10.4. The van der Waals surface area contributed by atoms with Gasteiger partial charge in [0.1, 0.15) is 17.1 Å². The quantitative estimate of drug-likeness (QED) is 0.127. The minimum atomic E-state index is -1.68. The van der Waals surface area contributed by atoms with Crippen molar-refractivity contribution in [2.45, 2.75) is 51.0 Å². The number of H-pyrrole nitrogens is 1. The fourth-order valence-electron chi connectivity index (χ4n) is 4.22. The molecule has 13 nitrogen and oxygen atoms in total. The van der Waals surface area contributed by atoms with Gasteiger partial charge in [-0.3, -0.25) is 24.5 Å². The van der Waals surface area contributed by atoms with E-state index in [0.717, 1.165) is 17.3 Å². The van der Waals surface area contributed by atoms with Crippen LogP contribution in [-0.4, -0.2) is 57.8 Å². The number of nitrogens with zero attached hydrogens (tertiary/aromatic N) is 1. The van der Waals surface area contributed by atoms with Crippen molar-refractivity contribution in [1.82, 2.24) is 25.9 Å². The van der Waals surface area contributed by atoms with Crippen LogP contribution in [0.3, 0.4) is 0 Å². The first-order valence-electron chi connectivity index (χ1n) is 13.8. The molecule has 2 unspecified atom stereocenters. The molecule has 4 rings (SSSR count). The highest BCUT2D eigenvalue weighted by molar-refractivity contribution is 8.18. The molecule has 4 amide bonds. The van der Waals surface area contributed by atoms with Gasteiger partial charge in [-0.2, -0.15) is 0 Å². The summed E-state index contributed by atoms with van der Waals surface area (Å²) in [6, 6.07) is 13.0. The van der Waals surface area contributed by atoms with Gasteiger partial charge in [-0.25, -0.2) is 9.78 Å². The number of methoxy groups -OCH3 is 1. The fourth-order valence-corrected chi connectivity index (χ4v) is 4.90. The van der Waals surface area contributed by atoms with Crippen LogP contribution in [-0.2, 0) is 30.3 Å². The van der Waals surface area contributed by atoms with E-state index in [1.165, 1.54) is 13.4 Å². The molecule has 1 saturated heterocycles. The highest BCUT2D eigenvalue weighted by Crippen LogP contribution is 2.28. The molecular weight excluding hydrogens is 602 g/mol. The number of aromatic amines is 1. The number of thioether (sulfide) groups is 1. The minimum absolute atomic E-state index is 0.0169. The highest BCUT2D eigenvalue weighted by atomic mass is 32.2. The third-order valence-electron chi connectivity index (χ3n) is 6.31.